The van der Waals surface area contributed by atoms with E-state index < -0.39 is 33.2 Å². The molecule has 0 bridgehead atoms. The number of hydrogen-bond acceptors (Lipinski definition) is 2. The highest BCUT2D eigenvalue weighted by Gasteiger charge is 2.22. The van der Waals surface area contributed by atoms with Crippen LogP contribution < -0.4 is 0 Å². The van der Waals surface area contributed by atoms with Crippen molar-refractivity contribution < 1.29 is 16.4 Å². The van der Waals surface area contributed by atoms with Gasteiger partial charge in [0.05, 0.1) is 0 Å². The Morgan fingerprint density at radius 3 is 3.04 bits per heavy atom. The van der Waals surface area contributed by atoms with Crippen molar-refractivity contribution in [3.63, 3.8) is 0 Å². The molecule has 3 aromatic rings. The molecule has 0 fully saturated rings. The van der Waals surface area contributed by atoms with Crippen LogP contribution in [0, 0.1) is 13.8 Å². The molecule has 2 aromatic heterocycles. The van der Waals surface area contributed by atoms with Crippen molar-refractivity contribution in [2.75, 3.05) is 13.5 Å². The van der Waals surface area contributed by atoms with E-state index in [4.69, 9.17) is 16.4 Å². The highest BCUT2D eigenvalue weighted by Crippen LogP contribution is 2.31. The van der Waals surface area contributed by atoms with E-state index >= 15 is 0 Å². The molecular formula is C21H25N3. The summed E-state index contributed by atoms with van der Waals surface area (Å²) in [6.45, 7) is -10.2. The van der Waals surface area contributed by atoms with Crippen LogP contribution in [0.5, 0.6) is 0 Å². The molecule has 0 aliphatic carbocycles. The average Bonchev–Trinajstić information content (AvgIpc) is 3.05. The number of likely N-dealkylation sites (N-methyl/N-ethyl adjacent to an activating group) is 1. The van der Waals surface area contributed by atoms with Crippen LogP contribution in [0.25, 0.3) is 10.9 Å². The first-order chi connectivity index (χ1) is 16.3. The zero-order valence-corrected chi connectivity index (χ0v) is 13.2. The second-order valence-electron chi connectivity index (χ2n) is 5.85. The minimum absolute atomic E-state index is 0.0271. The van der Waals surface area contributed by atoms with Gasteiger partial charge in [-0.25, -0.2) is 0 Å². The van der Waals surface area contributed by atoms with E-state index in [1.807, 2.05) is 19.1 Å². The molecule has 3 heteroatoms. The first kappa shape index (κ1) is 7.01. The minimum atomic E-state index is -3.33. The van der Waals surface area contributed by atoms with Gasteiger partial charge in [-0.2, -0.15) is 0 Å². The van der Waals surface area contributed by atoms with Crippen molar-refractivity contribution in [3.8, 4) is 0 Å². The van der Waals surface area contributed by atoms with E-state index in [9.17, 15) is 0 Å². The van der Waals surface area contributed by atoms with E-state index in [2.05, 4.69) is 4.98 Å². The molecule has 24 heavy (non-hydrogen) atoms. The molecule has 3 nitrogen and oxygen atoms in total. The fourth-order valence-corrected chi connectivity index (χ4v) is 2.97. The van der Waals surface area contributed by atoms with Gasteiger partial charge in [-0.15, -0.1) is 0 Å². The fraction of sp³-hybridized carbons (Fsp3) is 0.381. The molecule has 0 amide bonds. The molecule has 0 radical (unpaired) electrons. The second kappa shape index (κ2) is 6.06. The van der Waals surface area contributed by atoms with Crippen molar-refractivity contribution in [1.29, 1.82) is 0 Å². The summed E-state index contributed by atoms with van der Waals surface area (Å²) in [6.07, 6.45) is -0.966. The molecule has 3 heterocycles. The lowest BCUT2D eigenvalue weighted by molar-refractivity contribution is 0.309. The second-order valence-corrected chi connectivity index (χ2v) is 5.85. The Morgan fingerprint density at radius 2 is 2.25 bits per heavy atom. The Bertz CT molecular complexity index is 1300. The van der Waals surface area contributed by atoms with Crippen molar-refractivity contribution >= 4 is 10.9 Å². The summed E-state index contributed by atoms with van der Waals surface area (Å²) >= 11 is 0. The van der Waals surface area contributed by atoms with E-state index in [0.29, 0.717) is 6.42 Å². The van der Waals surface area contributed by atoms with Gasteiger partial charge in [0, 0.05) is 70.8 Å². The van der Waals surface area contributed by atoms with Gasteiger partial charge in [0.15, 0.2) is 0 Å². The first-order valence-corrected chi connectivity index (χ1v) is 7.71. The van der Waals surface area contributed by atoms with Crippen LogP contribution in [0.2, 0.25) is 0 Å². The molecule has 124 valence electrons. The zero-order chi connectivity index (χ0) is 27.1. The number of benzene rings is 1. The third-order valence-electron chi connectivity index (χ3n) is 4.17. The van der Waals surface area contributed by atoms with Gasteiger partial charge in [0.1, 0.15) is 0 Å². The number of hydrogen-bond donors (Lipinski definition) is 0. The van der Waals surface area contributed by atoms with Gasteiger partial charge >= 0.3 is 0 Å². The van der Waals surface area contributed by atoms with E-state index in [1.54, 1.807) is 6.20 Å². The number of nitrogens with zero attached hydrogens (tertiary/aromatic N) is 3. The van der Waals surface area contributed by atoms with Crippen LogP contribution in [0.4, 0.5) is 0 Å². The monoisotopic (exact) mass is 331 g/mol. The smallest absolute Gasteiger partial charge is 0.0486 e. The van der Waals surface area contributed by atoms with Crippen LogP contribution in [0.3, 0.4) is 0 Å². The molecule has 0 spiro atoms. The highest BCUT2D eigenvalue weighted by molar-refractivity contribution is 5.86. The summed E-state index contributed by atoms with van der Waals surface area (Å²) in [5.74, 6) is 0. The summed E-state index contributed by atoms with van der Waals surface area (Å²) in [5.41, 5.74) is 1.04. The van der Waals surface area contributed by atoms with Gasteiger partial charge in [0.25, 0.3) is 0 Å². The standard InChI is InChI=1S/C21H25N3/c1-15-4-7-20-18(12-15)19-14-23(3)10-9-21(19)24(20)11-8-17-6-5-16(2)22-13-17/h4-7,12-13H,8-11,14H2,1-3H3/i1D3,3D3,9D2,10D2,14D2. The van der Waals surface area contributed by atoms with Gasteiger partial charge in [-0.05, 0) is 56.5 Å². The molecular weight excluding hydrogens is 294 g/mol. The Hall–Kier alpha value is -2.13. The number of fused-ring (bicyclic) bond motifs is 3. The van der Waals surface area contributed by atoms with Gasteiger partial charge in [0.2, 0.25) is 0 Å². The number of pyridine rings is 1. The molecule has 0 atom stereocenters. The van der Waals surface area contributed by atoms with Crippen LogP contribution in [-0.4, -0.2) is 27.9 Å². The van der Waals surface area contributed by atoms with Crippen LogP contribution in [-0.2, 0) is 25.8 Å². The maximum absolute atomic E-state index is 8.76. The third kappa shape index (κ3) is 2.73. The van der Waals surface area contributed by atoms with E-state index in [0.717, 1.165) is 11.3 Å². The number of rotatable bonds is 3. The summed E-state index contributed by atoms with van der Waals surface area (Å²) < 4.78 is 100. The van der Waals surface area contributed by atoms with Gasteiger partial charge in [-0.3, -0.25) is 4.98 Å². The quantitative estimate of drug-likeness (QED) is 0.726. The Labute approximate surface area is 160 Å². The van der Waals surface area contributed by atoms with Crippen LogP contribution in [0.15, 0.2) is 36.5 Å². The molecule has 0 saturated carbocycles. The summed E-state index contributed by atoms with van der Waals surface area (Å²) in [7, 11) is 0. The third-order valence-corrected chi connectivity index (χ3v) is 4.17. The molecule has 0 N–H and O–H groups in total. The number of aromatic nitrogens is 2. The SMILES string of the molecule is [2H]C([2H])([2H])c1ccc2c(c1)c1c(n2CCc2ccc(C)nc2)C([2H])([2H])C([2H])([2H])N(C([2H])([2H])[2H])C1([2H])[2H]. The van der Waals surface area contributed by atoms with Crippen molar-refractivity contribution in [2.45, 2.75) is 39.6 Å². The lowest BCUT2D eigenvalue weighted by Crippen LogP contribution is -2.27. The molecule has 0 saturated heterocycles. The predicted octanol–water partition coefficient (Wildman–Crippen LogP) is 3.88. The highest BCUT2D eigenvalue weighted by atomic mass is 15.1. The molecule has 4 rings (SSSR count). The molecule has 0 unspecified atom stereocenters. The first-order valence-electron chi connectivity index (χ1n) is 13.7. The Balaban J connectivity index is 2.05. The van der Waals surface area contributed by atoms with Crippen molar-refractivity contribution in [3.05, 3.63) is 64.6 Å². The topological polar surface area (TPSA) is 21.1 Å². The zero-order valence-electron chi connectivity index (χ0n) is 25.2. The summed E-state index contributed by atoms with van der Waals surface area (Å²) in [6, 6.07) is 7.65. The maximum atomic E-state index is 8.76. The number of aryl methyl sites for hydroxylation is 4. The minimum Gasteiger partial charge on any atom is -0.344 e. The van der Waals surface area contributed by atoms with Crippen LogP contribution in [0.1, 0.15) is 44.5 Å². The van der Waals surface area contributed by atoms with E-state index in [-0.39, 0.29) is 39.2 Å². The van der Waals surface area contributed by atoms with Crippen molar-refractivity contribution in [1.82, 2.24) is 14.5 Å². The average molecular weight is 332 g/mol. The fourth-order valence-electron chi connectivity index (χ4n) is 2.97. The Morgan fingerprint density at radius 1 is 1.29 bits per heavy atom. The lowest BCUT2D eigenvalue weighted by atomic mass is 10.0. The predicted molar refractivity (Wildman–Crippen MR) is 99.4 cm³/mol. The van der Waals surface area contributed by atoms with Crippen molar-refractivity contribution in [2.24, 2.45) is 0 Å². The van der Waals surface area contributed by atoms with Gasteiger partial charge in [-0.1, -0.05) is 17.7 Å². The van der Waals surface area contributed by atoms with Crippen LogP contribution >= 0.6 is 0 Å². The van der Waals surface area contributed by atoms with E-state index in [1.165, 1.54) is 22.8 Å². The molecule has 1 aliphatic rings. The largest absolute Gasteiger partial charge is 0.344 e. The molecule has 1 aliphatic heterocycles. The lowest BCUT2D eigenvalue weighted by Gasteiger charge is -2.24. The molecule has 1 aromatic carbocycles. The summed E-state index contributed by atoms with van der Waals surface area (Å²) in [5, 5.41) is 0.0271. The maximum Gasteiger partial charge on any atom is 0.0486 e. The van der Waals surface area contributed by atoms with Gasteiger partial charge < -0.3 is 9.47 Å². The normalized spacial score (nSPS) is 29.7. The summed E-state index contributed by atoms with van der Waals surface area (Å²) in [4.78, 5) is 4.18. The Kier molecular flexibility index (Phi) is 1.77.